The van der Waals surface area contributed by atoms with E-state index in [9.17, 15) is 9.59 Å². The number of carbonyl (C=O) groups is 2. The number of unbranched alkanes of at least 4 members (excludes halogenated alkanes) is 1. The molecule has 2 rings (SSSR count). The van der Waals surface area contributed by atoms with Crippen LogP contribution in [0, 0.1) is 18.8 Å². The zero-order valence-electron chi connectivity index (χ0n) is 23.1. The molecule has 0 spiro atoms. The SMILES string of the molecule is CCCC[C@@H](CC)C(=O)N(CCC(C)C)CC(=O)Nc1cc(C(C)(C)C)nn1-c1cccc(C)c1. The molecule has 0 saturated carbocycles. The largest absolute Gasteiger partial charge is 0.333 e. The van der Waals surface area contributed by atoms with Gasteiger partial charge in [-0.25, -0.2) is 4.68 Å². The van der Waals surface area contributed by atoms with Gasteiger partial charge in [-0.3, -0.25) is 9.59 Å². The Morgan fingerprint density at radius 2 is 1.83 bits per heavy atom. The Kier molecular flexibility index (Phi) is 10.5. The van der Waals surface area contributed by atoms with E-state index in [4.69, 9.17) is 5.10 Å². The summed E-state index contributed by atoms with van der Waals surface area (Å²) >= 11 is 0. The number of benzene rings is 1. The summed E-state index contributed by atoms with van der Waals surface area (Å²) in [6.07, 6.45) is 4.64. The molecular weight excluding hydrogens is 436 g/mol. The smallest absolute Gasteiger partial charge is 0.245 e. The van der Waals surface area contributed by atoms with Gasteiger partial charge in [0.25, 0.3) is 0 Å². The van der Waals surface area contributed by atoms with Gasteiger partial charge in [-0.05, 0) is 49.8 Å². The maximum absolute atomic E-state index is 13.4. The van der Waals surface area contributed by atoms with Gasteiger partial charge in [0, 0.05) is 23.9 Å². The zero-order chi connectivity index (χ0) is 26.2. The number of hydrogen-bond donors (Lipinski definition) is 1. The van der Waals surface area contributed by atoms with Crippen molar-refractivity contribution in [1.82, 2.24) is 14.7 Å². The van der Waals surface area contributed by atoms with E-state index in [1.165, 1.54) is 0 Å². The summed E-state index contributed by atoms with van der Waals surface area (Å²) in [6, 6.07) is 10.0. The third-order valence-electron chi connectivity index (χ3n) is 6.36. The first-order valence-electron chi connectivity index (χ1n) is 13.2. The minimum Gasteiger partial charge on any atom is -0.333 e. The summed E-state index contributed by atoms with van der Waals surface area (Å²) in [5.41, 5.74) is 2.75. The van der Waals surface area contributed by atoms with Gasteiger partial charge in [0.1, 0.15) is 5.82 Å². The van der Waals surface area contributed by atoms with Gasteiger partial charge < -0.3 is 10.2 Å². The van der Waals surface area contributed by atoms with Crippen molar-refractivity contribution >= 4 is 17.6 Å². The molecule has 0 bridgehead atoms. The maximum atomic E-state index is 13.4. The number of carbonyl (C=O) groups excluding carboxylic acids is 2. The predicted octanol–water partition coefficient (Wildman–Crippen LogP) is 6.51. The molecule has 0 radical (unpaired) electrons. The molecular formula is C29H46N4O2. The van der Waals surface area contributed by atoms with E-state index in [2.05, 4.69) is 53.8 Å². The number of rotatable bonds is 12. The standard InChI is InChI=1S/C29H46N4O2/c1-9-11-14-23(10-2)28(35)32(17-16-21(3)4)20-27(34)30-26-19-25(29(6,7)8)31-33(26)24-15-12-13-22(5)18-24/h12-13,15,18-19,21,23H,9-11,14,16-17,20H2,1-8H3,(H,30,34)/t23-/m1/s1. The minimum absolute atomic E-state index is 0.0276. The van der Waals surface area contributed by atoms with Crippen LogP contribution in [0.1, 0.15) is 91.8 Å². The fraction of sp³-hybridized carbons (Fsp3) is 0.621. The monoisotopic (exact) mass is 482 g/mol. The molecule has 0 unspecified atom stereocenters. The van der Waals surface area contributed by atoms with Crippen LogP contribution in [0.15, 0.2) is 30.3 Å². The Balaban J connectivity index is 2.29. The van der Waals surface area contributed by atoms with Gasteiger partial charge in [0.2, 0.25) is 11.8 Å². The lowest BCUT2D eigenvalue weighted by Gasteiger charge is -2.27. The molecule has 1 aromatic carbocycles. The van der Waals surface area contributed by atoms with Gasteiger partial charge in [0.15, 0.2) is 0 Å². The lowest BCUT2D eigenvalue weighted by molar-refractivity contribution is -0.139. The van der Waals surface area contributed by atoms with E-state index in [-0.39, 0.29) is 29.7 Å². The van der Waals surface area contributed by atoms with Crippen LogP contribution in [0.25, 0.3) is 5.69 Å². The first-order valence-corrected chi connectivity index (χ1v) is 13.2. The van der Waals surface area contributed by atoms with Crippen LogP contribution in [-0.2, 0) is 15.0 Å². The molecule has 1 atom stereocenters. The summed E-state index contributed by atoms with van der Waals surface area (Å²) in [5.74, 6) is 0.960. The normalized spacial score (nSPS) is 12.6. The number of nitrogens with zero attached hydrogens (tertiary/aromatic N) is 3. The second-order valence-corrected chi connectivity index (χ2v) is 11.2. The van der Waals surface area contributed by atoms with E-state index in [0.717, 1.165) is 49.0 Å². The number of aryl methyl sites for hydroxylation is 1. The van der Waals surface area contributed by atoms with Gasteiger partial charge >= 0.3 is 0 Å². The minimum atomic E-state index is -0.193. The average Bonchev–Trinajstić information content (AvgIpc) is 3.21. The fourth-order valence-electron chi connectivity index (χ4n) is 4.04. The molecule has 0 aliphatic heterocycles. The summed E-state index contributed by atoms with van der Waals surface area (Å²) in [5, 5.41) is 7.88. The zero-order valence-corrected chi connectivity index (χ0v) is 23.1. The fourth-order valence-corrected chi connectivity index (χ4v) is 4.04. The molecule has 194 valence electrons. The van der Waals surface area contributed by atoms with E-state index < -0.39 is 0 Å². The number of hydrogen-bond acceptors (Lipinski definition) is 3. The van der Waals surface area contributed by atoms with Crippen LogP contribution in [0.4, 0.5) is 5.82 Å². The Labute approximate surface area is 212 Å². The topological polar surface area (TPSA) is 67.2 Å². The van der Waals surface area contributed by atoms with Crippen molar-refractivity contribution in [2.45, 2.75) is 92.9 Å². The number of anilines is 1. The van der Waals surface area contributed by atoms with Crippen LogP contribution in [0.2, 0.25) is 0 Å². The van der Waals surface area contributed by atoms with E-state index in [1.807, 2.05) is 37.3 Å². The van der Waals surface area contributed by atoms with E-state index >= 15 is 0 Å². The molecule has 0 aliphatic rings. The molecule has 6 heteroatoms. The highest BCUT2D eigenvalue weighted by Gasteiger charge is 2.26. The Hall–Kier alpha value is -2.63. The van der Waals surface area contributed by atoms with Gasteiger partial charge in [-0.2, -0.15) is 5.10 Å². The molecule has 2 aromatic rings. The van der Waals surface area contributed by atoms with E-state index in [1.54, 1.807) is 9.58 Å². The van der Waals surface area contributed by atoms with Crippen molar-refractivity contribution < 1.29 is 9.59 Å². The Bertz CT molecular complexity index is 971. The summed E-state index contributed by atoms with van der Waals surface area (Å²) < 4.78 is 1.79. The molecule has 1 aromatic heterocycles. The van der Waals surface area contributed by atoms with E-state index in [0.29, 0.717) is 18.3 Å². The average molecular weight is 483 g/mol. The lowest BCUT2D eigenvalue weighted by Crippen LogP contribution is -2.42. The third-order valence-corrected chi connectivity index (χ3v) is 6.36. The first-order chi connectivity index (χ1) is 16.5. The molecule has 1 heterocycles. The van der Waals surface area contributed by atoms with Crippen molar-refractivity contribution in [2.75, 3.05) is 18.4 Å². The lowest BCUT2D eigenvalue weighted by atomic mass is 9.92. The highest BCUT2D eigenvalue weighted by Crippen LogP contribution is 2.27. The number of amides is 2. The summed E-state index contributed by atoms with van der Waals surface area (Å²) in [7, 11) is 0. The second kappa shape index (κ2) is 12.9. The van der Waals surface area contributed by atoms with Crippen molar-refractivity contribution in [3.8, 4) is 5.69 Å². The van der Waals surface area contributed by atoms with Crippen molar-refractivity contribution in [2.24, 2.45) is 11.8 Å². The molecule has 0 fully saturated rings. The van der Waals surface area contributed by atoms with Gasteiger partial charge in [0.05, 0.1) is 17.9 Å². The summed E-state index contributed by atoms with van der Waals surface area (Å²) in [6.45, 7) is 17.5. The van der Waals surface area contributed by atoms with Gasteiger partial charge in [-0.1, -0.05) is 73.4 Å². The van der Waals surface area contributed by atoms with Crippen LogP contribution < -0.4 is 5.32 Å². The van der Waals surface area contributed by atoms with Gasteiger partial charge in [-0.15, -0.1) is 0 Å². The quantitative estimate of drug-likeness (QED) is 0.375. The molecule has 6 nitrogen and oxygen atoms in total. The van der Waals surface area contributed by atoms with Crippen LogP contribution in [0.3, 0.4) is 0 Å². The molecule has 0 saturated heterocycles. The van der Waals surface area contributed by atoms with Crippen molar-refractivity contribution in [1.29, 1.82) is 0 Å². The number of aromatic nitrogens is 2. The molecule has 35 heavy (non-hydrogen) atoms. The van der Waals surface area contributed by atoms with Crippen molar-refractivity contribution in [3.05, 3.63) is 41.6 Å². The first kappa shape index (κ1) is 28.6. The molecule has 1 N–H and O–H groups in total. The highest BCUT2D eigenvalue weighted by atomic mass is 16.2. The van der Waals surface area contributed by atoms with Crippen LogP contribution in [-0.4, -0.2) is 39.6 Å². The second-order valence-electron chi connectivity index (χ2n) is 11.2. The Morgan fingerprint density at radius 1 is 1.11 bits per heavy atom. The number of nitrogens with one attached hydrogen (secondary N) is 1. The van der Waals surface area contributed by atoms with Crippen LogP contribution >= 0.6 is 0 Å². The Morgan fingerprint density at radius 3 is 2.40 bits per heavy atom. The molecule has 0 aliphatic carbocycles. The maximum Gasteiger partial charge on any atom is 0.245 e. The van der Waals surface area contributed by atoms with Crippen LogP contribution in [0.5, 0.6) is 0 Å². The summed E-state index contributed by atoms with van der Waals surface area (Å²) in [4.78, 5) is 28.4. The predicted molar refractivity (Wildman–Crippen MR) is 145 cm³/mol. The highest BCUT2D eigenvalue weighted by molar-refractivity contribution is 5.94. The molecule has 2 amide bonds. The third kappa shape index (κ3) is 8.52. The van der Waals surface area contributed by atoms with Crippen molar-refractivity contribution in [3.63, 3.8) is 0 Å².